The van der Waals surface area contributed by atoms with Crippen molar-refractivity contribution in [3.8, 4) is 0 Å². The van der Waals surface area contributed by atoms with Gasteiger partial charge in [0.1, 0.15) is 0 Å². The lowest BCUT2D eigenvalue weighted by molar-refractivity contribution is 0.434. The van der Waals surface area contributed by atoms with Gasteiger partial charge in [-0.05, 0) is 37.2 Å². The molecular formula is C13H24. The van der Waals surface area contributed by atoms with Crippen molar-refractivity contribution in [2.45, 2.75) is 47.0 Å². The largest absolute Gasteiger partial charge is 0.0958 e. The quantitative estimate of drug-likeness (QED) is 0.525. The third-order valence-electron chi connectivity index (χ3n) is 2.43. The second-order valence-electron chi connectivity index (χ2n) is 4.42. The second kappa shape index (κ2) is 6.01. The monoisotopic (exact) mass is 180 g/mol. The molecule has 0 heterocycles. The molecule has 0 N–H and O–H groups in total. The fourth-order valence-electron chi connectivity index (χ4n) is 1.70. The molecule has 0 fully saturated rings. The maximum absolute atomic E-state index is 4.13. The predicted molar refractivity (Wildman–Crippen MR) is 61.8 cm³/mol. The summed E-state index contributed by atoms with van der Waals surface area (Å²) in [6.45, 7) is 16.9. The Morgan fingerprint density at radius 1 is 1.23 bits per heavy atom. The van der Waals surface area contributed by atoms with Crippen molar-refractivity contribution < 1.29 is 0 Å². The van der Waals surface area contributed by atoms with Crippen LogP contribution in [0, 0.1) is 11.8 Å². The minimum atomic E-state index is 0.655. The summed E-state index contributed by atoms with van der Waals surface area (Å²) in [5.41, 5.74) is 2.41. The van der Waals surface area contributed by atoms with Gasteiger partial charge >= 0.3 is 0 Å². The summed E-state index contributed by atoms with van der Waals surface area (Å²) in [4.78, 5) is 0. The first-order valence-corrected chi connectivity index (χ1v) is 5.33. The van der Waals surface area contributed by atoms with Gasteiger partial charge in [0.2, 0.25) is 0 Å². The van der Waals surface area contributed by atoms with Gasteiger partial charge in [0.05, 0.1) is 0 Å². The molecule has 0 saturated carbocycles. The Hall–Kier alpha value is -0.520. The van der Waals surface area contributed by atoms with Crippen molar-refractivity contribution >= 4 is 0 Å². The topological polar surface area (TPSA) is 0 Å². The molecule has 1 unspecified atom stereocenters. The minimum Gasteiger partial charge on any atom is -0.0958 e. The molecule has 13 heavy (non-hydrogen) atoms. The van der Waals surface area contributed by atoms with E-state index in [2.05, 4.69) is 40.9 Å². The zero-order valence-corrected chi connectivity index (χ0v) is 9.69. The third kappa shape index (κ3) is 4.92. The van der Waals surface area contributed by atoms with Crippen molar-refractivity contribution in [3.63, 3.8) is 0 Å². The van der Waals surface area contributed by atoms with Gasteiger partial charge in [0, 0.05) is 0 Å². The van der Waals surface area contributed by atoms with Crippen molar-refractivity contribution in [2.75, 3.05) is 0 Å². The van der Waals surface area contributed by atoms with Crippen molar-refractivity contribution in [1.82, 2.24) is 0 Å². The second-order valence-corrected chi connectivity index (χ2v) is 4.42. The van der Waals surface area contributed by atoms with Crippen LogP contribution in [0.3, 0.4) is 0 Å². The standard InChI is InChI=1S/C13H24/c1-7-8-13(9-10(2)3)12(6)11(4)5/h10,13H,4,6-9H2,1-3,5H3. The molecule has 0 heteroatoms. The summed E-state index contributed by atoms with van der Waals surface area (Å²) in [5.74, 6) is 1.41. The van der Waals surface area contributed by atoms with E-state index < -0.39 is 0 Å². The van der Waals surface area contributed by atoms with Gasteiger partial charge in [-0.1, -0.05) is 45.9 Å². The van der Waals surface area contributed by atoms with Gasteiger partial charge in [0.25, 0.3) is 0 Å². The molecule has 0 spiro atoms. The van der Waals surface area contributed by atoms with Crippen LogP contribution in [0.25, 0.3) is 0 Å². The Kier molecular flexibility index (Phi) is 5.77. The third-order valence-corrected chi connectivity index (χ3v) is 2.43. The maximum atomic E-state index is 4.13. The van der Waals surface area contributed by atoms with E-state index in [9.17, 15) is 0 Å². The zero-order valence-electron chi connectivity index (χ0n) is 9.69. The highest BCUT2D eigenvalue weighted by Gasteiger charge is 2.13. The number of hydrogen-bond acceptors (Lipinski definition) is 0. The molecule has 0 aliphatic carbocycles. The molecule has 76 valence electrons. The summed E-state index contributed by atoms with van der Waals surface area (Å²) in [6, 6.07) is 0. The molecule has 0 radical (unpaired) electrons. The summed E-state index contributed by atoms with van der Waals surface area (Å²) < 4.78 is 0. The molecule has 0 aromatic carbocycles. The first-order chi connectivity index (χ1) is 5.99. The molecular weight excluding hydrogens is 156 g/mol. The molecule has 0 aromatic rings. The van der Waals surface area contributed by atoms with Crippen LogP contribution in [0.2, 0.25) is 0 Å². The average molecular weight is 180 g/mol. The van der Waals surface area contributed by atoms with E-state index in [0.717, 1.165) is 11.5 Å². The Bertz CT molecular complexity index is 174. The van der Waals surface area contributed by atoms with Crippen LogP contribution in [0.4, 0.5) is 0 Å². The fraction of sp³-hybridized carbons (Fsp3) is 0.692. The molecule has 0 nitrogen and oxygen atoms in total. The van der Waals surface area contributed by atoms with Gasteiger partial charge in [-0.2, -0.15) is 0 Å². The average Bonchev–Trinajstić information content (AvgIpc) is 2.01. The van der Waals surface area contributed by atoms with Crippen LogP contribution in [0.5, 0.6) is 0 Å². The number of hydrogen-bond donors (Lipinski definition) is 0. The minimum absolute atomic E-state index is 0.655. The number of rotatable bonds is 6. The fourth-order valence-corrected chi connectivity index (χ4v) is 1.70. The van der Waals surface area contributed by atoms with E-state index in [1.807, 2.05) is 0 Å². The summed E-state index contributed by atoms with van der Waals surface area (Å²) in [6.07, 6.45) is 3.74. The molecule has 0 rings (SSSR count). The molecule has 0 aliphatic heterocycles. The van der Waals surface area contributed by atoms with E-state index in [4.69, 9.17) is 0 Å². The van der Waals surface area contributed by atoms with Gasteiger partial charge in [-0.3, -0.25) is 0 Å². The normalized spacial score (nSPS) is 13.0. The van der Waals surface area contributed by atoms with Crippen LogP contribution < -0.4 is 0 Å². The van der Waals surface area contributed by atoms with Gasteiger partial charge in [-0.15, -0.1) is 0 Å². The SMILES string of the molecule is C=C(C)C(=C)C(CCC)CC(C)C. The van der Waals surface area contributed by atoms with E-state index in [1.54, 1.807) is 0 Å². The summed E-state index contributed by atoms with van der Waals surface area (Å²) >= 11 is 0. The van der Waals surface area contributed by atoms with E-state index in [1.165, 1.54) is 24.8 Å². The lowest BCUT2D eigenvalue weighted by Crippen LogP contribution is -2.07. The van der Waals surface area contributed by atoms with Gasteiger partial charge in [0.15, 0.2) is 0 Å². The predicted octanol–water partition coefficient (Wildman–Crippen LogP) is 4.58. The van der Waals surface area contributed by atoms with Crippen LogP contribution in [-0.4, -0.2) is 0 Å². The molecule has 0 aromatic heterocycles. The zero-order chi connectivity index (χ0) is 10.4. The Balaban J connectivity index is 4.23. The smallest absolute Gasteiger partial charge is 0.0163 e. The first kappa shape index (κ1) is 12.5. The van der Waals surface area contributed by atoms with E-state index >= 15 is 0 Å². The Morgan fingerprint density at radius 3 is 2.08 bits per heavy atom. The lowest BCUT2D eigenvalue weighted by atomic mass is 9.85. The highest BCUT2D eigenvalue weighted by Crippen LogP contribution is 2.27. The molecule has 1 atom stereocenters. The van der Waals surface area contributed by atoms with Crippen LogP contribution in [0.1, 0.15) is 47.0 Å². The van der Waals surface area contributed by atoms with Crippen LogP contribution >= 0.6 is 0 Å². The van der Waals surface area contributed by atoms with Crippen molar-refractivity contribution in [3.05, 3.63) is 24.3 Å². The first-order valence-electron chi connectivity index (χ1n) is 5.33. The Morgan fingerprint density at radius 2 is 1.77 bits per heavy atom. The molecule has 0 amide bonds. The molecule has 0 aliphatic rings. The lowest BCUT2D eigenvalue weighted by Gasteiger charge is -2.21. The van der Waals surface area contributed by atoms with Crippen LogP contribution in [0.15, 0.2) is 24.3 Å². The van der Waals surface area contributed by atoms with E-state index in [-0.39, 0.29) is 0 Å². The van der Waals surface area contributed by atoms with Crippen LogP contribution in [-0.2, 0) is 0 Å². The maximum Gasteiger partial charge on any atom is -0.0163 e. The number of allylic oxidation sites excluding steroid dienone is 2. The molecule has 0 bridgehead atoms. The Labute approximate surface area is 83.7 Å². The summed E-state index contributed by atoms with van der Waals surface area (Å²) in [7, 11) is 0. The molecule has 0 saturated heterocycles. The van der Waals surface area contributed by atoms with Gasteiger partial charge in [-0.25, -0.2) is 0 Å². The summed E-state index contributed by atoms with van der Waals surface area (Å²) in [5, 5.41) is 0. The van der Waals surface area contributed by atoms with Crippen molar-refractivity contribution in [1.29, 1.82) is 0 Å². The van der Waals surface area contributed by atoms with Crippen molar-refractivity contribution in [2.24, 2.45) is 11.8 Å². The highest BCUT2D eigenvalue weighted by atomic mass is 14.2. The highest BCUT2D eigenvalue weighted by molar-refractivity contribution is 5.25. The van der Waals surface area contributed by atoms with Gasteiger partial charge < -0.3 is 0 Å². The van der Waals surface area contributed by atoms with E-state index in [0.29, 0.717) is 5.92 Å².